The Morgan fingerprint density at radius 3 is 2.78 bits per heavy atom. The number of hydrogen-bond donors (Lipinski definition) is 1. The minimum absolute atomic E-state index is 0.135. The van der Waals surface area contributed by atoms with Crippen molar-refractivity contribution < 1.29 is 22.3 Å². The number of sulfonamides is 1. The van der Waals surface area contributed by atoms with Gasteiger partial charge in [-0.15, -0.1) is 11.3 Å². The summed E-state index contributed by atoms with van der Waals surface area (Å²) in [5.41, 5.74) is 0.578. The van der Waals surface area contributed by atoms with E-state index in [4.69, 9.17) is 5.11 Å². The van der Waals surface area contributed by atoms with E-state index in [1.807, 2.05) is 0 Å². The van der Waals surface area contributed by atoms with Crippen LogP contribution in [0.4, 0.5) is 8.78 Å². The normalized spacial score (nSPS) is 11.7. The Hall–Kier alpha value is -1.01. The third-order valence-corrected chi connectivity index (χ3v) is 4.35. The fraction of sp³-hybridized carbons (Fsp3) is 0.400. The lowest BCUT2D eigenvalue weighted by atomic mass is 10.3. The number of thiophene rings is 1. The van der Waals surface area contributed by atoms with Crippen LogP contribution in [0.3, 0.4) is 0 Å². The van der Waals surface area contributed by atoms with E-state index in [1.165, 1.54) is 11.3 Å². The molecule has 1 aromatic heterocycles. The number of hydrogen-bond acceptors (Lipinski definition) is 4. The van der Waals surface area contributed by atoms with Crippen molar-refractivity contribution in [3.63, 3.8) is 0 Å². The van der Waals surface area contributed by atoms with Crippen molar-refractivity contribution >= 4 is 21.4 Å². The van der Waals surface area contributed by atoms with Gasteiger partial charge >= 0.3 is 5.76 Å². The molecule has 1 heterocycles. The summed E-state index contributed by atoms with van der Waals surface area (Å²) in [5, 5.41) is 10.1. The topological polar surface area (TPSA) is 57.6 Å². The number of rotatable bonds is 4. The van der Waals surface area contributed by atoms with Gasteiger partial charge in [-0.2, -0.15) is 13.1 Å². The van der Waals surface area contributed by atoms with E-state index in [-0.39, 0.29) is 13.2 Å². The molecule has 0 spiro atoms. The Morgan fingerprint density at radius 1 is 1.56 bits per heavy atom. The highest BCUT2D eigenvalue weighted by Gasteiger charge is 2.29. The second-order valence-electron chi connectivity index (χ2n) is 3.34. The number of aliphatic hydroxyl groups excluding tert-OH is 1. The van der Waals surface area contributed by atoms with Gasteiger partial charge in [0.15, 0.2) is 0 Å². The van der Waals surface area contributed by atoms with Crippen molar-refractivity contribution in [3.05, 3.63) is 21.9 Å². The minimum Gasteiger partial charge on any atom is -0.384 e. The summed E-state index contributed by atoms with van der Waals surface area (Å²) in [4.78, 5) is 0.641. The first-order chi connectivity index (χ1) is 8.37. The van der Waals surface area contributed by atoms with Crippen LogP contribution in [0.5, 0.6) is 0 Å². The maximum absolute atomic E-state index is 12.3. The van der Waals surface area contributed by atoms with Crippen LogP contribution < -0.4 is 0 Å². The van der Waals surface area contributed by atoms with Crippen LogP contribution in [-0.4, -0.2) is 37.2 Å². The molecule has 0 saturated carbocycles. The second-order valence-corrected chi connectivity index (χ2v) is 6.26. The molecule has 0 fully saturated rings. The Kier molecular flexibility index (Phi) is 5.22. The highest BCUT2D eigenvalue weighted by molar-refractivity contribution is 7.89. The van der Waals surface area contributed by atoms with E-state index in [0.717, 1.165) is 7.05 Å². The first kappa shape index (κ1) is 15.0. The van der Waals surface area contributed by atoms with Crippen LogP contribution in [-0.2, 0) is 16.6 Å². The van der Waals surface area contributed by atoms with Gasteiger partial charge in [-0.1, -0.05) is 11.8 Å². The van der Waals surface area contributed by atoms with E-state index in [0.29, 0.717) is 14.7 Å². The van der Waals surface area contributed by atoms with Crippen LogP contribution in [0.2, 0.25) is 0 Å². The maximum atomic E-state index is 12.3. The number of alkyl halides is 2. The molecule has 1 N–H and O–H groups in total. The quantitative estimate of drug-likeness (QED) is 0.846. The monoisotopic (exact) mass is 295 g/mol. The average molecular weight is 295 g/mol. The first-order valence-electron chi connectivity index (χ1n) is 4.78. The summed E-state index contributed by atoms with van der Waals surface area (Å²) in [6.07, 6.45) is 0. The predicted molar refractivity (Wildman–Crippen MR) is 64.7 cm³/mol. The van der Waals surface area contributed by atoms with Gasteiger partial charge in [0.25, 0.3) is 10.0 Å². The molecule has 1 rings (SSSR count). The van der Waals surface area contributed by atoms with Crippen molar-refractivity contribution in [3.8, 4) is 11.8 Å². The van der Waals surface area contributed by atoms with E-state index in [1.54, 1.807) is 11.4 Å². The molecule has 0 aliphatic carbocycles. The van der Waals surface area contributed by atoms with Crippen molar-refractivity contribution in [1.82, 2.24) is 4.31 Å². The smallest absolute Gasteiger partial charge is 0.350 e. The summed E-state index contributed by atoms with van der Waals surface area (Å²) in [6, 6.07) is 1.60. The molecule has 0 aromatic carbocycles. The molecule has 100 valence electrons. The van der Waals surface area contributed by atoms with Crippen molar-refractivity contribution in [1.29, 1.82) is 0 Å². The molecule has 0 aliphatic heterocycles. The number of halogens is 2. The zero-order chi connectivity index (χ0) is 13.8. The van der Waals surface area contributed by atoms with Gasteiger partial charge in [-0.3, -0.25) is 0 Å². The molecule has 8 heteroatoms. The van der Waals surface area contributed by atoms with Gasteiger partial charge in [0.05, 0.1) is 4.88 Å². The zero-order valence-electron chi connectivity index (χ0n) is 9.43. The second kappa shape index (κ2) is 6.24. The summed E-state index contributed by atoms with van der Waals surface area (Å²) < 4.78 is 47.4. The van der Waals surface area contributed by atoms with Crippen molar-refractivity contribution in [2.75, 3.05) is 13.7 Å². The zero-order valence-corrected chi connectivity index (χ0v) is 11.1. The first-order valence-corrected chi connectivity index (χ1v) is 7.16. The standard InChI is InChI=1S/C10H11F2NO3S2/c1-13(18(15,16)10(11)12)6-8-5-9(17-7-8)3-2-4-14/h5,7,10,14H,4,6H2,1H3. The van der Waals surface area contributed by atoms with Gasteiger partial charge in [0.1, 0.15) is 6.61 Å². The van der Waals surface area contributed by atoms with Crippen molar-refractivity contribution in [2.24, 2.45) is 0 Å². The highest BCUT2D eigenvalue weighted by Crippen LogP contribution is 2.18. The molecule has 4 nitrogen and oxygen atoms in total. The fourth-order valence-electron chi connectivity index (χ4n) is 1.13. The van der Waals surface area contributed by atoms with Gasteiger partial charge in [-0.05, 0) is 17.0 Å². The van der Waals surface area contributed by atoms with E-state index in [9.17, 15) is 17.2 Å². The third-order valence-electron chi connectivity index (χ3n) is 2.01. The summed E-state index contributed by atoms with van der Waals surface area (Å²) in [6.45, 7) is -0.406. The molecule has 0 unspecified atom stereocenters. The lowest BCUT2D eigenvalue weighted by molar-refractivity contribution is 0.222. The maximum Gasteiger partial charge on any atom is 0.350 e. The van der Waals surface area contributed by atoms with Crippen LogP contribution in [0, 0.1) is 11.8 Å². The average Bonchev–Trinajstić information content (AvgIpc) is 2.73. The summed E-state index contributed by atoms with van der Waals surface area (Å²) in [5.74, 6) is 1.67. The van der Waals surface area contributed by atoms with Crippen LogP contribution in [0.1, 0.15) is 10.4 Å². The molecular weight excluding hydrogens is 284 g/mol. The molecule has 0 atom stereocenters. The largest absolute Gasteiger partial charge is 0.384 e. The highest BCUT2D eigenvalue weighted by atomic mass is 32.2. The van der Waals surface area contributed by atoms with E-state index < -0.39 is 15.8 Å². The number of nitrogens with zero attached hydrogens (tertiary/aromatic N) is 1. The predicted octanol–water partition coefficient (Wildman–Crippen LogP) is 1.08. The molecule has 1 aromatic rings. The van der Waals surface area contributed by atoms with Crippen LogP contribution in [0.15, 0.2) is 11.4 Å². The minimum atomic E-state index is -4.55. The van der Waals surface area contributed by atoms with Crippen molar-refractivity contribution in [2.45, 2.75) is 12.3 Å². The fourth-order valence-corrected chi connectivity index (χ4v) is 2.51. The molecule has 0 bridgehead atoms. The Morgan fingerprint density at radius 2 is 2.22 bits per heavy atom. The Balaban J connectivity index is 2.77. The SMILES string of the molecule is CN(Cc1csc(C#CCO)c1)S(=O)(=O)C(F)F. The van der Waals surface area contributed by atoms with Gasteiger partial charge in [0, 0.05) is 13.6 Å². The molecule has 0 aliphatic rings. The Labute approximate surface area is 108 Å². The third kappa shape index (κ3) is 3.74. The van der Waals surface area contributed by atoms with Gasteiger partial charge in [0.2, 0.25) is 0 Å². The molecule has 18 heavy (non-hydrogen) atoms. The lowest BCUT2D eigenvalue weighted by Crippen LogP contribution is -2.31. The molecule has 0 radical (unpaired) electrons. The molecule has 0 saturated heterocycles. The van der Waals surface area contributed by atoms with Crippen LogP contribution in [0.25, 0.3) is 0 Å². The van der Waals surface area contributed by atoms with E-state index in [2.05, 4.69) is 11.8 Å². The summed E-state index contributed by atoms with van der Waals surface area (Å²) >= 11 is 1.26. The molecule has 0 amide bonds. The van der Waals surface area contributed by atoms with Gasteiger partial charge < -0.3 is 5.11 Å². The Bertz CT molecular complexity index is 557. The lowest BCUT2D eigenvalue weighted by Gasteiger charge is -2.15. The summed E-state index contributed by atoms with van der Waals surface area (Å²) in [7, 11) is -3.46. The molecular formula is C10H11F2NO3S2. The van der Waals surface area contributed by atoms with Gasteiger partial charge in [-0.25, -0.2) is 8.42 Å². The van der Waals surface area contributed by atoms with E-state index >= 15 is 0 Å². The number of aliphatic hydroxyl groups is 1. The van der Waals surface area contributed by atoms with Crippen LogP contribution >= 0.6 is 11.3 Å².